The van der Waals surface area contributed by atoms with Gasteiger partial charge in [-0.3, -0.25) is 4.79 Å². The summed E-state index contributed by atoms with van der Waals surface area (Å²) < 4.78 is 1.04. The lowest BCUT2D eigenvalue weighted by molar-refractivity contribution is -0.119. The number of hydrogen-bond donors (Lipinski definition) is 1. The van der Waals surface area contributed by atoms with Crippen LogP contribution >= 0.6 is 23.2 Å². The summed E-state index contributed by atoms with van der Waals surface area (Å²) >= 11 is 11.8. The van der Waals surface area contributed by atoms with Crippen molar-refractivity contribution in [3.8, 4) is 11.3 Å². The summed E-state index contributed by atoms with van der Waals surface area (Å²) in [6.45, 7) is 3.43. The van der Waals surface area contributed by atoms with Gasteiger partial charge in [-0.05, 0) is 43.7 Å². The molecule has 6 nitrogen and oxygen atoms in total. The predicted octanol–water partition coefficient (Wildman–Crippen LogP) is 4.12. The van der Waals surface area contributed by atoms with Gasteiger partial charge in [0.2, 0.25) is 5.91 Å². The van der Waals surface area contributed by atoms with Crippen LogP contribution in [-0.2, 0) is 4.79 Å². The minimum Gasteiger partial charge on any atom is -0.324 e. The van der Waals surface area contributed by atoms with Gasteiger partial charge in [-0.25, -0.2) is 9.48 Å². The molecule has 0 aliphatic heterocycles. The van der Waals surface area contributed by atoms with Gasteiger partial charge in [-0.15, -0.1) is 0 Å². The maximum Gasteiger partial charge on any atom is 0.365 e. The van der Waals surface area contributed by atoms with Crippen molar-refractivity contribution in [1.82, 2.24) is 14.8 Å². The molecule has 0 saturated carbocycles. The van der Waals surface area contributed by atoms with E-state index in [9.17, 15) is 9.59 Å². The van der Waals surface area contributed by atoms with Crippen LogP contribution < -0.4 is 11.0 Å². The first-order valence-corrected chi connectivity index (χ1v) is 8.89. The van der Waals surface area contributed by atoms with E-state index in [4.69, 9.17) is 23.2 Å². The molecule has 0 radical (unpaired) electrons. The van der Waals surface area contributed by atoms with Gasteiger partial charge in [-0.2, -0.15) is 10.1 Å². The third-order valence-corrected chi connectivity index (χ3v) is 4.55. The maximum atomic E-state index is 12.5. The molecule has 1 atom stereocenters. The Labute approximate surface area is 165 Å². The summed E-state index contributed by atoms with van der Waals surface area (Å²) in [6, 6.07) is 11.2. The van der Waals surface area contributed by atoms with E-state index in [0.717, 1.165) is 10.2 Å². The molecule has 1 heterocycles. The number of carbonyl (C=O) groups is 1. The van der Waals surface area contributed by atoms with Crippen LogP contribution in [0.15, 0.2) is 53.5 Å². The molecule has 1 unspecified atom stereocenters. The molecule has 1 amide bonds. The fraction of sp³-hybridized carbons (Fsp3) is 0.158. The first-order chi connectivity index (χ1) is 12.8. The van der Waals surface area contributed by atoms with Crippen molar-refractivity contribution in [3.05, 3.63) is 74.8 Å². The van der Waals surface area contributed by atoms with Crippen molar-refractivity contribution >= 4 is 34.8 Å². The molecule has 1 aromatic heterocycles. The van der Waals surface area contributed by atoms with Gasteiger partial charge in [0, 0.05) is 21.3 Å². The highest BCUT2D eigenvalue weighted by Crippen LogP contribution is 2.21. The largest absolute Gasteiger partial charge is 0.365 e. The Bertz CT molecular complexity index is 1050. The van der Waals surface area contributed by atoms with Gasteiger partial charge in [0.15, 0.2) is 0 Å². The number of rotatable bonds is 4. The van der Waals surface area contributed by atoms with E-state index >= 15 is 0 Å². The molecular weight excluding hydrogens is 387 g/mol. The minimum atomic E-state index is -0.845. The summed E-state index contributed by atoms with van der Waals surface area (Å²) in [4.78, 5) is 28.9. The quantitative estimate of drug-likeness (QED) is 0.711. The molecule has 2 aromatic carbocycles. The van der Waals surface area contributed by atoms with Gasteiger partial charge in [-0.1, -0.05) is 41.4 Å². The summed E-state index contributed by atoms with van der Waals surface area (Å²) in [5.74, 6) is -0.393. The molecular formula is C19H16Cl2N4O2. The Morgan fingerprint density at radius 2 is 1.78 bits per heavy atom. The van der Waals surface area contributed by atoms with E-state index in [2.05, 4.69) is 15.4 Å². The Hall–Kier alpha value is -2.70. The van der Waals surface area contributed by atoms with Crippen molar-refractivity contribution in [1.29, 1.82) is 0 Å². The topological polar surface area (TPSA) is 76.9 Å². The average molecular weight is 403 g/mol. The number of amides is 1. The van der Waals surface area contributed by atoms with Crippen LogP contribution in [0.5, 0.6) is 0 Å². The summed E-state index contributed by atoms with van der Waals surface area (Å²) in [5, 5.41) is 7.96. The monoisotopic (exact) mass is 402 g/mol. The third kappa shape index (κ3) is 4.35. The summed E-state index contributed by atoms with van der Waals surface area (Å²) in [6.07, 6.45) is 1.44. The van der Waals surface area contributed by atoms with Crippen LogP contribution in [0, 0.1) is 6.92 Å². The van der Waals surface area contributed by atoms with Crippen molar-refractivity contribution in [3.63, 3.8) is 0 Å². The Balaban J connectivity index is 1.83. The smallest absolute Gasteiger partial charge is 0.324 e. The molecule has 3 aromatic rings. The summed E-state index contributed by atoms with van der Waals surface area (Å²) in [5.41, 5.74) is 1.94. The normalized spacial score (nSPS) is 11.9. The Morgan fingerprint density at radius 1 is 1.11 bits per heavy atom. The zero-order valence-electron chi connectivity index (χ0n) is 14.6. The van der Waals surface area contributed by atoms with Crippen molar-refractivity contribution in [2.75, 3.05) is 5.32 Å². The molecule has 8 heteroatoms. The van der Waals surface area contributed by atoms with Crippen LogP contribution in [0.1, 0.15) is 18.5 Å². The lowest BCUT2D eigenvalue weighted by atomic mass is 10.2. The predicted molar refractivity (Wildman–Crippen MR) is 106 cm³/mol. The van der Waals surface area contributed by atoms with E-state index in [0.29, 0.717) is 27.0 Å². The van der Waals surface area contributed by atoms with Gasteiger partial charge in [0.05, 0.1) is 11.9 Å². The lowest BCUT2D eigenvalue weighted by Gasteiger charge is -2.15. The van der Waals surface area contributed by atoms with Crippen LogP contribution in [0.4, 0.5) is 5.69 Å². The Kier molecular flexibility index (Phi) is 5.58. The number of nitrogens with one attached hydrogen (secondary N) is 1. The molecule has 138 valence electrons. The van der Waals surface area contributed by atoms with E-state index in [1.54, 1.807) is 49.4 Å². The van der Waals surface area contributed by atoms with Gasteiger partial charge in [0.1, 0.15) is 6.04 Å². The zero-order valence-corrected chi connectivity index (χ0v) is 16.1. The molecule has 0 saturated heterocycles. The summed E-state index contributed by atoms with van der Waals surface area (Å²) in [7, 11) is 0. The van der Waals surface area contributed by atoms with Crippen molar-refractivity contribution in [2.45, 2.75) is 19.9 Å². The van der Waals surface area contributed by atoms with E-state index < -0.39 is 17.6 Å². The zero-order chi connectivity index (χ0) is 19.6. The minimum absolute atomic E-state index is 0.393. The second-order valence-electron chi connectivity index (χ2n) is 6.00. The van der Waals surface area contributed by atoms with Crippen LogP contribution in [0.2, 0.25) is 10.0 Å². The van der Waals surface area contributed by atoms with Gasteiger partial charge < -0.3 is 5.32 Å². The van der Waals surface area contributed by atoms with E-state index in [1.165, 1.54) is 6.20 Å². The maximum absolute atomic E-state index is 12.5. The van der Waals surface area contributed by atoms with Crippen molar-refractivity contribution in [2.24, 2.45) is 0 Å². The van der Waals surface area contributed by atoms with Crippen molar-refractivity contribution < 1.29 is 4.79 Å². The molecule has 0 spiro atoms. The van der Waals surface area contributed by atoms with Gasteiger partial charge in [0.25, 0.3) is 0 Å². The molecule has 0 fully saturated rings. The number of anilines is 1. The molecule has 0 aliphatic rings. The van der Waals surface area contributed by atoms with E-state index in [1.807, 2.05) is 6.92 Å². The highest BCUT2D eigenvalue weighted by Gasteiger charge is 2.19. The molecule has 3 rings (SSSR count). The number of aromatic nitrogens is 3. The van der Waals surface area contributed by atoms with E-state index in [-0.39, 0.29) is 0 Å². The first-order valence-electron chi connectivity index (χ1n) is 8.14. The van der Waals surface area contributed by atoms with Gasteiger partial charge >= 0.3 is 5.69 Å². The third-order valence-electron chi connectivity index (χ3n) is 4.06. The second-order valence-corrected chi connectivity index (χ2v) is 6.87. The van der Waals surface area contributed by atoms with Crippen LogP contribution in [0.25, 0.3) is 11.3 Å². The molecule has 27 heavy (non-hydrogen) atoms. The highest BCUT2D eigenvalue weighted by atomic mass is 35.5. The number of nitrogens with zero attached hydrogens (tertiary/aromatic N) is 3. The molecule has 0 aliphatic carbocycles. The number of halogens is 2. The van der Waals surface area contributed by atoms with Crippen LogP contribution in [0.3, 0.4) is 0 Å². The number of hydrogen-bond acceptors (Lipinski definition) is 4. The van der Waals surface area contributed by atoms with Crippen LogP contribution in [-0.4, -0.2) is 20.7 Å². The standard InChI is InChI=1S/C19H16Cl2N4O2/c1-11-3-6-15(21)9-16(11)23-18(26)12(2)25-19(27)24-17(10-22-25)13-4-7-14(20)8-5-13/h3-10,12H,1-2H3,(H,23,26). The molecule has 0 bridgehead atoms. The Morgan fingerprint density at radius 3 is 2.44 bits per heavy atom. The number of aryl methyl sites for hydroxylation is 1. The number of benzene rings is 2. The molecule has 1 N–H and O–H groups in total. The highest BCUT2D eigenvalue weighted by molar-refractivity contribution is 6.31. The SMILES string of the molecule is Cc1ccc(Cl)cc1NC(=O)C(C)n1ncc(-c2ccc(Cl)cc2)nc1=O. The fourth-order valence-electron chi connectivity index (χ4n) is 2.45. The second kappa shape index (κ2) is 7.90. The fourth-order valence-corrected chi connectivity index (χ4v) is 2.75. The average Bonchev–Trinajstić information content (AvgIpc) is 2.64. The first kappa shape index (κ1) is 19.1. The lowest BCUT2D eigenvalue weighted by Crippen LogP contribution is -2.35. The number of carbonyl (C=O) groups excluding carboxylic acids is 1.